The Hall–Kier alpha value is 0.200. The predicted octanol–water partition coefficient (Wildman–Crippen LogP) is -0.344. The summed E-state index contributed by atoms with van der Waals surface area (Å²) in [5.41, 5.74) is 0. The second-order valence-corrected chi connectivity index (χ2v) is 2.17. The zero-order valence-electron chi connectivity index (χ0n) is 5.70. The Bertz CT molecular complexity index is 146. The maximum absolute atomic E-state index is 10.1. The number of hydrogen-bond donors (Lipinski definition) is 2. The Morgan fingerprint density at radius 3 is 2.09 bits per heavy atom. The van der Waals surface area contributed by atoms with Crippen LogP contribution in [-0.2, 0) is 9.59 Å². The summed E-state index contributed by atoms with van der Waals surface area (Å²) >= 11 is 0. The molecule has 11 heavy (non-hydrogen) atoms. The van der Waals surface area contributed by atoms with E-state index in [9.17, 15) is 9.59 Å². The van der Waals surface area contributed by atoms with Crippen LogP contribution in [0.3, 0.4) is 0 Å². The fourth-order valence-electron chi connectivity index (χ4n) is 0.463. The van der Waals surface area contributed by atoms with Gasteiger partial charge in [0.25, 0.3) is 0 Å². The minimum atomic E-state index is -0.951. The molecule has 0 heterocycles. The normalized spacial score (nSPS) is 11.4. The molecule has 4 nitrogen and oxygen atoms in total. The van der Waals surface area contributed by atoms with Gasteiger partial charge in [0.15, 0.2) is 0 Å². The monoisotopic (exact) mass is 188 g/mol. The third-order valence-electron chi connectivity index (χ3n) is 1.21. The molecule has 0 aromatic heterocycles. The molecule has 0 saturated heterocycles. The van der Waals surface area contributed by atoms with E-state index in [1.165, 1.54) is 6.92 Å². The van der Waals surface area contributed by atoms with Crippen LogP contribution in [0.15, 0.2) is 0 Å². The van der Waals surface area contributed by atoms with Gasteiger partial charge in [-0.05, 0) is 6.42 Å². The molecule has 0 aromatic carbocycles. The third kappa shape index (κ3) is 8.10. The SMILES string of the molecule is CC(CCC(=O)O)C(=O)O.[CaH2]. The van der Waals surface area contributed by atoms with Crippen molar-refractivity contribution in [2.75, 3.05) is 0 Å². The van der Waals surface area contributed by atoms with Gasteiger partial charge in [-0.3, -0.25) is 9.59 Å². The molecule has 2 N–H and O–H groups in total. The number of hydrogen-bond acceptors (Lipinski definition) is 2. The van der Waals surface area contributed by atoms with Crippen molar-refractivity contribution in [1.82, 2.24) is 0 Å². The van der Waals surface area contributed by atoms with Gasteiger partial charge in [-0.25, -0.2) is 0 Å². The fourth-order valence-corrected chi connectivity index (χ4v) is 0.463. The first-order valence-corrected chi connectivity index (χ1v) is 2.98. The second-order valence-electron chi connectivity index (χ2n) is 2.17. The molecule has 0 rings (SSSR count). The second kappa shape index (κ2) is 6.88. The van der Waals surface area contributed by atoms with Gasteiger partial charge in [0, 0.05) is 6.42 Å². The summed E-state index contributed by atoms with van der Waals surface area (Å²) < 4.78 is 0. The van der Waals surface area contributed by atoms with Crippen molar-refractivity contribution < 1.29 is 19.8 Å². The molecule has 0 aliphatic carbocycles. The summed E-state index contributed by atoms with van der Waals surface area (Å²) in [7, 11) is 0. The van der Waals surface area contributed by atoms with Crippen molar-refractivity contribution in [1.29, 1.82) is 0 Å². The summed E-state index contributed by atoms with van der Waals surface area (Å²) in [6.07, 6.45) is 0.123. The summed E-state index contributed by atoms with van der Waals surface area (Å²) in [5, 5.41) is 16.5. The maximum atomic E-state index is 10.1. The number of carboxylic acids is 2. The van der Waals surface area contributed by atoms with Crippen LogP contribution in [0.25, 0.3) is 0 Å². The van der Waals surface area contributed by atoms with Crippen molar-refractivity contribution in [2.24, 2.45) is 5.92 Å². The average molecular weight is 188 g/mol. The Balaban J connectivity index is 0. The molecule has 0 radical (unpaired) electrons. The molecule has 62 valence electrons. The van der Waals surface area contributed by atoms with E-state index >= 15 is 0 Å². The third-order valence-corrected chi connectivity index (χ3v) is 1.21. The van der Waals surface area contributed by atoms with Crippen LogP contribution >= 0.6 is 0 Å². The van der Waals surface area contributed by atoms with E-state index in [0.29, 0.717) is 0 Å². The van der Waals surface area contributed by atoms with Crippen LogP contribution in [0.1, 0.15) is 19.8 Å². The van der Waals surface area contributed by atoms with Gasteiger partial charge in [0.1, 0.15) is 0 Å². The van der Waals surface area contributed by atoms with Crippen LogP contribution < -0.4 is 0 Å². The molecule has 1 atom stereocenters. The number of rotatable bonds is 4. The van der Waals surface area contributed by atoms with Gasteiger partial charge in [-0.1, -0.05) is 6.92 Å². The Morgan fingerprint density at radius 1 is 1.36 bits per heavy atom. The van der Waals surface area contributed by atoms with Crippen molar-refractivity contribution in [3.63, 3.8) is 0 Å². The first kappa shape index (κ1) is 13.8. The van der Waals surface area contributed by atoms with Crippen LogP contribution in [0.5, 0.6) is 0 Å². The van der Waals surface area contributed by atoms with Gasteiger partial charge in [-0.15, -0.1) is 0 Å². The summed E-state index contributed by atoms with van der Waals surface area (Å²) in [6, 6.07) is 0. The summed E-state index contributed by atoms with van der Waals surface area (Å²) in [6.45, 7) is 1.49. The van der Waals surface area contributed by atoms with E-state index in [1.54, 1.807) is 0 Å². The van der Waals surface area contributed by atoms with Crippen molar-refractivity contribution in [3.05, 3.63) is 0 Å². The van der Waals surface area contributed by atoms with Gasteiger partial charge < -0.3 is 10.2 Å². The van der Waals surface area contributed by atoms with Gasteiger partial charge >= 0.3 is 49.7 Å². The Kier molecular flexibility index (Phi) is 8.61. The Labute approximate surface area is 94.6 Å². The predicted molar refractivity (Wildman–Crippen MR) is 42.2 cm³/mol. The van der Waals surface area contributed by atoms with E-state index in [0.717, 1.165) is 0 Å². The zero-order chi connectivity index (χ0) is 8.15. The van der Waals surface area contributed by atoms with Gasteiger partial charge in [-0.2, -0.15) is 0 Å². The fraction of sp³-hybridized carbons (Fsp3) is 0.667. The van der Waals surface area contributed by atoms with E-state index in [2.05, 4.69) is 0 Å². The van der Waals surface area contributed by atoms with E-state index in [1.807, 2.05) is 0 Å². The van der Waals surface area contributed by atoms with Crippen molar-refractivity contribution in [3.8, 4) is 0 Å². The van der Waals surface area contributed by atoms with Crippen LogP contribution in [0, 0.1) is 5.92 Å². The molecular weight excluding hydrogens is 176 g/mol. The molecule has 0 aliphatic heterocycles. The zero-order valence-corrected chi connectivity index (χ0v) is 5.70. The molecule has 0 aromatic rings. The first-order valence-electron chi connectivity index (χ1n) is 2.98. The standard InChI is InChI=1S/C6H10O4.Ca.2H/c1-4(6(9)10)2-3-5(7)8;;;/h4H,2-3H2,1H3,(H,7,8)(H,9,10);;;. The molecular formula is C6H12CaO4. The average Bonchev–Trinajstić information content (AvgIpc) is 1.82. The quantitative estimate of drug-likeness (QED) is 0.592. The summed E-state index contributed by atoms with van der Waals surface area (Å²) in [5.74, 6) is -2.45. The topological polar surface area (TPSA) is 74.6 Å². The molecule has 1 unspecified atom stereocenters. The van der Waals surface area contributed by atoms with E-state index < -0.39 is 17.9 Å². The molecule has 0 spiro atoms. The van der Waals surface area contributed by atoms with Crippen LogP contribution in [0.4, 0.5) is 0 Å². The molecule has 0 amide bonds. The first-order chi connectivity index (χ1) is 4.54. The number of aliphatic carboxylic acids is 2. The van der Waals surface area contributed by atoms with Crippen LogP contribution in [-0.4, -0.2) is 59.9 Å². The summed E-state index contributed by atoms with van der Waals surface area (Å²) in [4.78, 5) is 20.1. The minimum absolute atomic E-state index is 0. The van der Waals surface area contributed by atoms with Crippen molar-refractivity contribution >= 4 is 49.7 Å². The Morgan fingerprint density at radius 2 is 1.82 bits per heavy atom. The molecule has 5 heteroatoms. The molecule has 0 saturated carbocycles. The molecule has 0 aliphatic rings. The van der Waals surface area contributed by atoms with Gasteiger partial charge in [0.2, 0.25) is 0 Å². The van der Waals surface area contributed by atoms with Crippen LogP contribution in [0.2, 0.25) is 0 Å². The van der Waals surface area contributed by atoms with E-state index in [4.69, 9.17) is 10.2 Å². The number of carboxylic acid groups (broad SMARTS) is 2. The number of carbonyl (C=O) groups is 2. The van der Waals surface area contributed by atoms with Gasteiger partial charge in [0.05, 0.1) is 5.92 Å². The van der Waals surface area contributed by atoms with E-state index in [-0.39, 0.29) is 50.6 Å². The van der Waals surface area contributed by atoms with Crippen molar-refractivity contribution in [2.45, 2.75) is 19.8 Å². The molecule has 0 bridgehead atoms. The molecule has 0 fully saturated rings.